The largest absolute Gasteiger partial charge is 0.506 e. The summed E-state index contributed by atoms with van der Waals surface area (Å²) in [5, 5.41) is 8.60. The predicted molar refractivity (Wildman–Crippen MR) is 54.2 cm³/mol. The molecular formula is C11H18O3. The zero-order chi connectivity index (χ0) is 10.7. The van der Waals surface area contributed by atoms with Crippen LogP contribution in [0.3, 0.4) is 0 Å². The Morgan fingerprint density at radius 1 is 1.50 bits per heavy atom. The molecule has 3 nitrogen and oxygen atoms in total. The minimum Gasteiger partial charge on any atom is -0.450 e. The summed E-state index contributed by atoms with van der Waals surface area (Å²) >= 11 is 0. The van der Waals surface area contributed by atoms with Crippen molar-refractivity contribution in [2.45, 2.75) is 39.2 Å². The van der Waals surface area contributed by atoms with Crippen LogP contribution in [0, 0.1) is 11.8 Å². The molecule has 1 N–H and O–H groups in total. The van der Waals surface area contributed by atoms with E-state index in [2.05, 4.69) is 13.5 Å². The smallest absolute Gasteiger partial charge is 0.450 e. The van der Waals surface area contributed by atoms with Gasteiger partial charge in [0, 0.05) is 5.92 Å². The molecule has 0 aliphatic heterocycles. The molecule has 3 atom stereocenters. The lowest BCUT2D eigenvalue weighted by molar-refractivity contribution is 0.00515. The summed E-state index contributed by atoms with van der Waals surface area (Å²) in [6, 6.07) is 0. The van der Waals surface area contributed by atoms with Crippen molar-refractivity contribution in [1.82, 2.24) is 0 Å². The molecule has 1 aliphatic rings. The first-order valence-electron chi connectivity index (χ1n) is 5.05. The van der Waals surface area contributed by atoms with Gasteiger partial charge in [-0.1, -0.05) is 19.1 Å². The van der Waals surface area contributed by atoms with E-state index in [1.807, 2.05) is 6.92 Å². The van der Waals surface area contributed by atoms with Crippen molar-refractivity contribution in [3.05, 3.63) is 12.2 Å². The standard InChI is InChI=1S/C11H18O3/c1-7(2)9-5-4-8(3)6-10(9)14-11(12)13/h8-10H,1,4-6H2,2-3H3,(H,12,13). The lowest BCUT2D eigenvalue weighted by Crippen LogP contribution is -2.33. The molecule has 14 heavy (non-hydrogen) atoms. The molecule has 1 fully saturated rings. The summed E-state index contributed by atoms with van der Waals surface area (Å²) in [5.74, 6) is 0.761. The number of ether oxygens (including phenoxy) is 1. The fraction of sp³-hybridized carbons (Fsp3) is 0.727. The van der Waals surface area contributed by atoms with E-state index in [1.165, 1.54) is 0 Å². The average molecular weight is 198 g/mol. The third-order valence-electron chi connectivity index (χ3n) is 2.94. The average Bonchev–Trinajstić information content (AvgIpc) is 2.01. The maximum absolute atomic E-state index is 10.5. The fourth-order valence-corrected chi connectivity index (χ4v) is 2.15. The van der Waals surface area contributed by atoms with Gasteiger partial charge in [0.1, 0.15) is 6.10 Å². The van der Waals surface area contributed by atoms with Gasteiger partial charge in [0.05, 0.1) is 0 Å². The molecule has 1 saturated carbocycles. The number of carbonyl (C=O) groups is 1. The molecule has 0 aromatic rings. The molecular weight excluding hydrogens is 180 g/mol. The van der Waals surface area contributed by atoms with Crippen LogP contribution >= 0.6 is 0 Å². The van der Waals surface area contributed by atoms with Crippen LogP contribution in [-0.4, -0.2) is 17.4 Å². The summed E-state index contributed by atoms with van der Waals surface area (Å²) < 4.78 is 4.89. The molecule has 0 amide bonds. The molecule has 0 spiro atoms. The van der Waals surface area contributed by atoms with Crippen molar-refractivity contribution < 1.29 is 14.6 Å². The molecule has 80 valence electrons. The van der Waals surface area contributed by atoms with E-state index in [1.54, 1.807) is 0 Å². The van der Waals surface area contributed by atoms with Crippen LogP contribution in [0.2, 0.25) is 0 Å². The van der Waals surface area contributed by atoms with Crippen LogP contribution < -0.4 is 0 Å². The Labute approximate surface area is 84.8 Å². The molecule has 3 unspecified atom stereocenters. The van der Waals surface area contributed by atoms with Crippen molar-refractivity contribution in [3.63, 3.8) is 0 Å². The normalized spacial score (nSPS) is 32.3. The van der Waals surface area contributed by atoms with Gasteiger partial charge in [0.25, 0.3) is 0 Å². The van der Waals surface area contributed by atoms with Gasteiger partial charge in [0.15, 0.2) is 0 Å². The van der Waals surface area contributed by atoms with Crippen molar-refractivity contribution >= 4 is 6.16 Å². The fourth-order valence-electron chi connectivity index (χ4n) is 2.15. The van der Waals surface area contributed by atoms with Crippen molar-refractivity contribution in [2.24, 2.45) is 11.8 Å². The molecule has 0 aromatic heterocycles. The van der Waals surface area contributed by atoms with Crippen molar-refractivity contribution in [2.75, 3.05) is 0 Å². The Morgan fingerprint density at radius 3 is 2.64 bits per heavy atom. The van der Waals surface area contributed by atoms with E-state index < -0.39 is 6.16 Å². The van der Waals surface area contributed by atoms with E-state index >= 15 is 0 Å². The van der Waals surface area contributed by atoms with Crippen LogP contribution in [0.4, 0.5) is 4.79 Å². The second-order valence-electron chi connectivity index (χ2n) is 4.29. The van der Waals surface area contributed by atoms with E-state index in [-0.39, 0.29) is 12.0 Å². The van der Waals surface area contributed by atoms with Crippen LogP contribution in [0.25, 0.3) is 0 Å². The first-order valence-corrected chi connectivity index (χ1v) is 5.05. The van der Waals surface area contributed by atoms with Crippen LogP contribution in [0.5, 0.6) is 0 Å². The Kier molecular flexibility index (Phi) is 3.55. The Morgan fingerprint density at radius 2 is 2.14 bits per heavy atom. The maximum atomic E-state index is 10.5. The van der Waals surface area contributed by atoms with Gasteiger partial charge in [-0.2, -0.15) is 0 Å². The SMILES string of the molecule is C=C(C)C1CCC(C)CC1OC(=O)O. The highest BCUT2D eigenvalue weighted by Crippen LogP contribution is 2.34. The highest BCUT2D eigenvalue weighted by molar-refractivity contribution is 5.57. The molecule has 0 saturated heterocycles. The second-order valence-corrected chi connectivity index (χ2v) is 4.29. The van der Waals surface area contributed by atoms with Crippen molar-refractivity contribution in [3.8, 4) is 0 Å². The molecule has 0 radical (unpaired) electrons. The van der Waals surface area contributed by atoms with E-state index in [4.69, 9.17) is 9.84 Å². The van der Waals surface area contributed by atoms with Crippen LogP contribution in [0.1, 0.15) is 33.1 Å². The molecule has 0 aromatic carbocycles. The highest BCUT2D eigenvalue weighted by Gasteiger charge is 2.31. The third-order valence-corrected chi connectivity index (χ3v) is 2.94. The predicted octanol–water partition coefficient (Wildman–Crippen LogP) is 3.06. The Balaban J connectivity index is 2.63. The summed E-state index contributed by atoms with van der Waals surface area (Å²) in [6.45, 7) is 7.96. The summed E-state index contributed by atoms with van der Waals surface area (Å²) in [6.07, 6.45) is 1.60. The van der Waals surface area contributed by atoms with Gasteiger partial charge in [-0.25, -0.2) is 4.79 Å². The molecule has 1 aliphatic carbocycles. The number of carboxylic acid groups (broad SMARTS) is 1. The quantitative estimate of drug-likeness (QED) is 0.548. The topological polar surface area (TPSA) is 46.5 Å². The van der Waals surface area contributed by atoms with Gasteiger partial charge < -0.3 is 9.84 Å². The maximum Gasteiger partial charge on any atom is 0.506 e. The Hall–Kier alpha value is -0.990. The highest BCUT2D eigenvalue weighted by atomic mass is 16.7. The van der Waals surface area contributed by atoms with Crippen LogP contribution in [0.15, 0.2) is 12.2 Å². The first-order chi connectivity index (χ1) is 6.50. The zero-order valence-electron chi connectivity index (χ0n) is 8.82. The molecule has 3 heteroatoms. The molecule has 1 rings (SSSR count). The van der Waals surface area contributed by atoms with Gasteiger partial charge in [-0.3, -0.25) is 0 Å². The molecule has 0 heterocycles. The van der Waals surface area contributed by atoms with Crippen LogP contribution in [-0.2, 0) is 4.74 Å². The summed E-state index contributed by atoms with van der Waals surface area (Å²) in [7, 11) is 0. The summed E-state index contributed by atoms with van der Waals surface area (Å²) in [5.41, 5.74) is 1.03. The summed E-state index contributed by atoms with van der Waals surface area (Å²) in [4.78, 5) is 10.5. The van der Waals surface area contributed by atoms with E-state index in [0.717, 1.165) is 24.8 Å². The van der Waals surface area contributed by atoms with Gasteiger partial charge in [-0.15, -0.1) is 0 Å². The lowest BCUT2D eigenvalue weighted by Gasteiger charge is -2.33. The monoisotopic (exact) mass is 198 g/mol. The van der Waals surface area contributed by atoms with Gasteiger partial charge >= 0.3 is 6.16 Å². The van der Waals surface area contributed by atoms with E-state index in [0.29, 0.717) is 5.92 Å². The van der Waals surface area contributed by atoms with Gasteiger partial charge in [-0.05, 0) is 32.1 Å². The first kappa shape index (κ1) is 11.1. The third kappa shape index (κ3) is 2.76. The number of hydrogen-bond acceptors (Lipinski definition) is 2. The van der Waals surface area contributed by atoms with E-state index in [9.17, 15) is 4.79 Å². The zero-order valence-corrected chi connectivity index (χ0v) is 8.82. The second kappa shape index (κ2) is 4.49. The number of rotatable bonds is 2. The minimum atomic E-state index is -1.17. The van der Waals surface area contributed by atoms with Gasteiger partial charge in [0.2, 0.25) is 0 Å². The number of hydrogen-bond donors (Lipinski definition) is 1. The van der Waals surface area contributed by atoms with Crippen molar-refractivity contribution in [1.29, 1.82) is 0 Å². The Bertz CT molecular complexity index is 235. The molecule has 0 bridgehead atoms. The minimum absolute atomic E-state index is 0.186. The lowest BCUT2D eigenvalue weighted by atomic mass is 9.78.